The average molecular weight is 323 g/mol. The number of halogens is 1. The van der Waals surface area contributed by atoms with Crippen molar-refractivity contribution in [2.45, 2.75) is 25.2 Å². The molecular weight excluding hydrogens is 305 g/mol. The molecule has 2 rings (SSSR count). The number of sulfonamides is 1. The summed E-state index contributed by atoms with van der Waals surface area (Å²) in [7, 11) is -3.79. The van der Waals surface area contributed by atoms with Gasteiger partial charge in [0.1, 0.15) is 5.82 Å². The molecule has 118 valence electrons. The van der Waals surface area contributed by atoms with Crippen LogP contribution in [-0.4, -0.2) is 20.1 Å². The molecule has 0 fully saturated rings. The zero-order valence-electron chi connectivity index (χ0n) is 12.4. The van der Waals surface area contributed by atoms with E-state index in [4.69, 9.17) is 5.11 Å². The van der Waals surface area contributed by atoms with Gasteiger partial charge in [-0.15, -0.1) is 0 Å². The summed E-state index contributed by atoms with van der Waals surface area (Å²) >= 11 is 0. The Morgan fingerprint density at radius 3 is 2.36 bits per heavy atom. The van der Waals surface area contributed by atoms with Crippen LogP contribution >= 0.6 is 0 Å². The lowest BCUT2D eigenvalue weighted by Crippen LogP contribution is -2.14. The molecule has 0 bridgehead atoms. The topological polar surface area (TPSA) is 66.4 Å². The molecule has 0 aliphatic heterocycles. The highest BCUT2D eigenvalue weighted by molar-refractivity contribution is 7.92. The molecule has 2 aromatic carbocycles. The quantitative estimate of drug-likeness (QED) is 0.889. The van der Waals surface area contributed by atoms with Crippen molar-refractivity contribution < 1.29 is 17.9 Å². The third-order valence-corrected chi connectivity index (χ3v) is 4.66. The second kappa shape index (κ2) is 6.46. The number of nitrogens with one attached hydrogen (secondary N) is 1. The van der Waals surface area contributed by atoms with Gasteiger partial charge in [-0.1, -0.05) is 12.1 Å². The van der Waals surface area contributed by atoms with E-state index in [1.807, 2.05) is 0 Å². The van der Waals surface area contributed by atoms with Gasteiger partial charge in [0.05, 0.1) is 4.90 Å². The van der Waals surface area contributed by atoms with Gasteiger partial charge in [0.25, 0.3) is 10.0 Å². The molecule has 2 N–H and O–H groups in total. The summed E-state index contributed by atoms with van der Waals surface area (Å²) < 4.78 is 40.9. The fourth-order valence-electron chi connectivity index (χ4n) is 2.19. The minimum Gasteiger partial charge on any atom is -0.396 e. The summed E-state index contributed by atoms with van der Waals surface area (Å²) in [6, 6.07) is 9.42. The second-order valence-electron chi connectivity index (χ2n) is 5.15. The molecule has 0 saturated heterocycles. The monoisotopic (exact) mass is 323 g/mol. The first-order valence-corrected chi connectivity index (χ1v) is 8.31. The zero-order valence-corrected chi connectivity index (χ0v) is 13.2. The van der Waals surface area contributed by atoms with Crippen LogP contribution in [-0.2, 0) is 16.4 Å². The molecule has 0 atom stereocenters. The molecule has 22 heavy (non-hydrogen) atoms. The highest BCUT2D eigenvalue weighted by Gasteiger charge is 2.17. The Labute approximate surface area is 129 Å². The van der Waals surface area contributed by atoms with Crippen LogP contribution in [0.15, 0.2) is 41.3 Å². The Morgan fingerprint density at radius 1 is 1.14 bits per heavy atom. The standard InChI is InChI=1S/C16H18FNO3S/c1-11-8-15(9-12(2)16(11)17)22(20,21)18-14-5-3-4-13(10-14)6-7-19/h3-5,8-10,18-19H,6-7H2,1-2H3. The highest BCUT2D eigenvalue weighted by atomic mass is 32.2. The molecule has 0 aromatic heterocycles. The Morgan fingerprint density at radius 2 is 1.77 bits per heavy atom. The van der Waals surface area contributed by atoms with Crippen molar-refractivity contribution in [1.82, 2.24) is 0 Å². The number of rotatable bonds is 5. The Bertz CT molecular complexity index is 765. The molecule has 0 aliphatic carbocycles. The van der Waals surface area contributed by atoms with Crippen molar-refractivity contribution >= 4 is 15.7 Å². The van der Waals surface area contributed by atoms with E-state index in [0.29, 0.717) is 12.1 Å². The summed E-state index contributed by atoms with van der Waals surface area (Å²) in [4.78, 5) is 0.0245. The van der Waals surface area contributed by atoms with Crippen LogP contribution in [0.1, 0.15) is 16.7 Å². The molecule has 0 amide bonds. The molecule has 6 heteroatoms. The molecule has 2 aromatic rings. The van der Waals surface area contributed by atoms with E-state index in [9.17, 15) is 12.8 Å². The predicted octanol–water partition coefficient (Wildman–Crippen LogP) is 2.78. The molecule has 4 nitrogen and oxygen atoms in total. The van der Waals surface area contributed by atoms with Gasteiger partial charge in [-0.25, -0.2) is 12.8 Å². The van der Waals surface area contributed by atoms with Crippen molar-refractivity contribution in [3.8, 4) is 0 Å². The van der Waals surface area contributed by atoms with Crippen molar-refractivity contribution in [1.29, 1.82) is 0 Å². The van der Waals surface area contributed by atoms with E-state index in [1.54, 1.807) is 24.3 Å². The molecule has 0 aliphatic rings. The van der Waals surface area contributed by atoms with Gasteiger partial charge < -0.3 is 5.11 Å². The lowest BCUT2D eigenvalue weighted by Gasteiger charge is -2.11. The fourth-order valence-corrected chi connectivity index (χ4v) is 3.41. The number of benzene rings is 2. The highest BCUT2D eigenvalue weighted by Crippen LogP contribution is 2.21. The van der Waals surface area contributed by atoms with Gasteiger partial charge in [0.2, 0.25) is 0 Å². The van der Waals surface area contributed by atoms with Gasteiger partial charge in [0.15, 0.2) is 0 Å². The van der Waals surface area contributed by atoms with Gasteiger partial charge in [-0.05, 0) is 61.2 Å². The van der Waals surface area contributed by atoms with Crippen LogP contribution in [0.3, 0.4) is 0 Å². The summed E-state index contributed by atoms with van der Waals surface area (Å²) in [6.45, 7) is 3.05. The number of aryl methyl sites for hydroxylation is 2. The van der Waals surface area contributed by atoms with Gasteiger partial charge in [-0.3, -0.25) is 4.72 Å². The van der Waals surface area contributed by atoms with E-state index in [-0.39, 0.29) is 22.6 Å². The SMILES string of the molecule is Cc1cc(S(=O)(=O)Nc2cccc(CCO)c2)cc(C)c1F. The summed E-state index contributed by atoms with van der Waals surface area (Å²) in [5.41, 5.74) is 1.81. The largest absolute Gasteiger partial charge is 0.396 e. The number of hydrogen-bond acceptors (Lipinski definition) is 3. The van der Waals surface area contributed by atoms with Crippen molar-refractivity contribution in [3.05, 3.63) is 58.9 Å². The van der Waals surface area contributed by atoms with Gasteiger partial charge in [0, 0.05) is 12.3 Å². The normalized spacial score (nSPS) is 11.5. The summed E-state index contributed by atoms with van der Waals surface area (Å²) in [5, 5.41) is 8.93. The number of anilines is 1. The van der Waals surface area contributed by atoms with Crippen LogP contribution in [0.4, 0.5) is 10.1 Å². The van der Waals surface area contributed by atoms with Crippen LogP contribution < -0.4 is 4.72 Å². The Hall–Kier alpha value is -1.92. The molecule has 0 radical (unpaired) electrons. The maximum Gasteiger partial charge on any atom is 0.261 e. The predicted molar refractivity (Wildman–Crippen MR) is 83.9 cm³/mol. The third-order valence-electron chi connectivity index (χ3n) is 3.30. The van der Waals surface area contributed by atoms with Gasteiger partial charge in [-0.2, -0.15) is 0 Å². The number of hydrogen-bond donors (Lipinski definition) is 2. The maximum absolute atomic E-state index is 13.6. The second-order valence-corrected chi connectivity index (χ2v) is 6.83. The van der Waals surface area contributed by atoms with Crippen LogP contribution in [0, 0.1) is 19.7 Å². The van der Waals surface area contributed by atoms with E-state index in [1.165, 1.54) is 26.0 Å². The van der Waals surface area contributed by atoms with Crippen LogP contribution in [0.25, 0.3) is 0 Å². The first-order chi connectivity index (χ1) is 10.3. The van der Waals surface area contributed by atoms with Gasteiger partial charge >= 0.3 is 0 Å². The minimum absolute atomic E-state index is 0.00739. The van der Waals surface area contributed by atoms with Crippen molar-refractivity contribution in [2.24, 2.45) is 0 Å². The first-order valence-electron chi connectivity index (χ1n) is 6.83. The maximum atomic E-state index is 13.6. The molecule has 0 heterocycles. The molecule has 0 spiro atoms. The average Bonchev–Trinajstić information content (AvgIpc) is 2.44. The van der Waals surface area contributed by atoms with E-state index < -0.39 is 15.8 Å². The summed E-state index contributed by atoms with van der Waals surface area (Å²) in [6.07, 6.45) is 0.449. The third kappa shape index (κ3) is 3.64. The van der Waals surface area contributed by atoms with E-state index >= 15 is 0 Å². The van der Waals surface area contributed by atoms with Crippen molar-refractivity contribution in [2.75, 3.05) is 11.3 Å². The molecular formula is C16H18FNO3S. The van der Waals surface area contributed by atoms with Crippen LogP contribution in [0.5, 0.6) is 0 Å². The lowest BCUT2D eigenvalue weighted by molar-refractivity contribution is 0.299. The Kier molecular flexibility index (Phi) is 4.83. The first kappa shape index (κ1) is 16.5. The van der Waals surface area contributed by atoms with E-state index in [2.05, 4.69) is 4.72 Å². The molecule has 0 unspecified atom stereocenters. The Balaban J connectivity index is 2.34. The zero-order chi connectivity index (χ0) is 16.3. The van der Waals surface area contributed by atoms with Crippen LogP contribution in [0.2, 0.25) is 0 Å². The lowest BCUT2D eigenvalue weighted by atomic mass is 10.1. The number of aliphatic hydroxyl groups is 1. The minimum atomic E-state index is -3.79. The summed E-state index contributed by atoms with van der Waals surface area (Å²) in [5.74, 6) is -0.399. The molecule has 0 saturated carbocycles. The fraction of sp³-hybridized carbons (Fsp3) is 0.250. The van der Waals surface area contributed by atoms with E-state index in [0.717, 1.165) is 5.56 Å². The number of aliphatic hydroxyl groups excluding tert-OH is 1. The smallest absolute Gasteiger partial charge is 0.261 e. The van der Waals surface area contributed by atoms with Crippen molar-refractivity contribution in [3.63, 3.8) is 0 Å².